The largest absolute Gasteiger partial charge is 0.456 e. The second-order valence-corrected chi connectivity index (χ2v) is 17.4. The minimum absolute atomic E-state index is 0.847. The van der Waals surface area contributed by atoms with Crippen LogP contribution in [0, 0.1) is 0 Å². The molecule has 0 fully saturated rings. The fraction of sp³-hybridized carbons (Fsp3) is 0. The standard InChI is InChI=1S/C64H43N3O/c1-4-17-44(18-5-1)46-31-34-50(35-32-46)65(51-36-38-64-59(43-51)58-39-48(33-37-63(58)68-64)45-19-6-2-7-20-45)52-40-53(42-54(41-52)67-61-28-14-12-26-56(61)57-27-13-15-29-62(57)67)66(49-23-8-3-9-24-49)60-30-16-22-47-21-10-11-25-55(47)60/h1-43H. The minimum Gasteiger partial charge on any atom is -0.456 e. The Morgan fingerprint density at radius 1 is 0.279 bits per heavy atom. The van der Waals surface area contributed by atoms with E-state index in [0.717, 1.165) is 83.9 Å². The fourth-order valence-corrected chi connectivity index (χ4v) is 10.2. The molecule has 0 aliphatic rings. The van der Waals surface area contributed by atoms with E-state index in [1.807, 2.05) is 0 Å². The van der Waals surface area contributed by atoms with Gasteiger partial charge in [0.15, 0.2) is 0 Å². The lowest BCUT2D eigenvalue weighted by molar-refractivity contribution is 0.669. The number of rotatable bonds is 9. The molecule has 4 heteroatoms. The average Bonchev–Trinajstić information content (AvgIpc) is 3.95. The molecule has 0 spiro atoms. The van der Waals surface area contributed by atoms with Gasteiger partial charge in [0.1, 0.15) is 11.2 Å². The van der Waals surface area contributed by atoms with Crippen LogP contribution in [0.5, 0.6) is 0 Å². The van der Waals surface area contributed by atoms with Crippen LogP contribution in [-0.2, 0) is 0 Å². The highest BCUT2D eigenvalue weighted by Gasteiger charge is 2.23. The van der Waals surface area contributed by atoms with Crippen molar-refractivity contribution in [2.45, 2.75) is 0 Å². The van der Waals surface area contributed by atoms with Gasteiger partial charge in [0.05, 0.1) is 33.8 Å². The van der Waals surface area contributed by atoms with Gasteiger partial charge >= 0.3 is 0 Å². The van der Waals surface area contributed by atoms with E-state index in [4.69, 9.17) is 4.42 Å². The zero-order valence-corrected chi connectivity index (χ0v) is 37.1. The number of hydrogen-bond acceptors (Lipinski definition) is 3. The molecule has 0 amide bonds. The van der Waals surface area contributed by atoms with Gasteiger partial charge in [0.2, 0.25) is 0 Å². The monoisotopic (exact) mass is 869 g/mol. The molecule has 13 aromatic rings. The number of fused-ring (bicyclic) bond motifs is 7. The third-order valence-corrected chi connectivity index (χ3v) is 13.3. The van der Waals surface area contributed by atoms with Crippen LogP contribution in [0.1, 0.15) is 0 Å². The zero-order valence-electron chi connectivity index (χ0n) is 37.1. The molecule has 68 heavy (non-hydrogen) atoms. The molecule has 2 heterocycles. The number of para-hydroxylation sites is 3. The molecule has 11 aromatic carbocycles. The molecular weight excluding hydrogens is 827 g/mol. The first-order valence-corrected chi connectivity index (χ1v) is 23.2. The molecule has 0 saturated heterocycles. The Balaban J connectivity index is 1.10. The lowest BCUT2D eigenvalue weighted by Gasteiger charge is -2.31. The Morgan fingerprint density at radius 2 is 0.765 bits per heavy atom. The summed E-state index contributed by atoms with van der Waals surface area (Å²) in [4.78, 5) is 4.82. The maximum Gasteiger partial charge on any atom is 0.135 e. The number of aromatic nitrogens is 1. The maximum atomic E-state index is 6.56. The van der Waals surface area contributed by atoms with Gasteiger partial charge in [-0.05, 0) is 119 Å². The lowest BCUT2D eigenvalue weighted by atomic mass is 10.0. The van der Waals surface area contributed by atoms with Gasteiger partial charge in [0.25, 0.3) is 0 Å². The van der Waals surface area contributed by atoms with Crippen LogP contribution in [0.15, 0.2) is 265 Å². The molecule has 13 rings (SSSR count). The van der Waals surface area contributed by atoms with Crippen molar-refractivity contribution in [3.8, 4) is 27.9 Å². The molecule has 0 unspecified atom stereocenters. The van der Waals surface area contributed by atoms with Gasteiger partial charge in [-0.1, -0.05) is 170 Å². The van der Waals surface area contributed by atoms with Crippen LogP contribution in [0.3, 0.4) is 0 Å². The Hall–Kier alpha value is -9.12. The smallest absolute Gasteiger partial charge is 0.135 e. The van der Waals surface area contributed by atoms with Gasteiger partial charge in [-0.3, -0.25) is 0 Å². The van der Waals surface area contributed by atoms with E-state index < -0.39 is 0 Å². The van der Waals surface area contributed by atoms with Crippen molar-refractivity contribution >= 4 is 88.6 Å². The first-order valence-electron chi connectivity index (χ1n) is 23.2. The van der Waals surface area contributed by atoms with E-state index in [0.29, 0.717) is 0 Å². The molecule has 4 nitrogen and oxygen atoms in total. The third kappa shape index (κ3) is 6.78. The van der Waals surface area contributed by atoms with Gasteiger partial charge in [-0.25, -0.2) is 0 Å². The SMILES string of the molecule is c1ccc(-c2ccc(N(c3cc(N(c4ccccc4)c4cccc5ccccc45)cc(-n4c5ccccc5c5ccccc54)c3)c3ccc4oc5ccc(-c6ccccc6)cc5c4c3)cc2)cc1. The molecule has 0 aliphatic heterocycles. The van der Waals surface area contributed by atoms with Gasteiger partial charge < -0.3 is 18.8 Å². The summed E-state index contributed by atoms with van der Waals surface area (Å²) >= 11 is 0. The van der Waals surface area contributed by atoms with Crippen molar-refractivity contribution in [1.82, 2.24) is 4.57 Å². The molecule has 0 saturated carbocycles. The summed E-state index contributed by atoms with van der Waals surface area (Å²) < 4.78 is 8.99. The molecule has 0 N–H and O–H groups in total. The van der Waals surface area contributed by atoms with Crippen molar-refractivity contribution < 1.29 is 4.42 Å². The van der Waals surface area contributed by atoms with Crippen molar-refractivity contribution in [3.05, 3.63) is 261 Å². The Bertz CT molecular complexity index is 3910. The Morgan fingerprint density at radius 3 is 1.46 bits per heavy atom. The predicted molar refractivity (Wildman–Crippen MR) is 286 cm³/mol. The molecule has 0 atom stereocenters. The summed E-state index contributed by atoms with van der Waals surface area (Å²) in [5.74, 6) is 0. The Kier molecular flexibility index (Phi) is 9.47. The predicted octanol–water partition coefficient (Wildman–Crippen LogP) is 18.1. The van der Waals surface area contributed by atoms with E-state index in [2.05, 4.69) is 275 Å². The maximum absolute atomic E-state index is 6.56. The van der Waals surface area contributed by atoms with Crippen LogP contribution in [-0.4, -0.2) is 4.57 Å². The average molecular weight is 870 g/mol. The quantitative estimate of drug-likeness (QED) is 0.144. The summed E-state index contributed by atoms with van der Waals surface area (Å²) in [6.07, 6.45) is 0. The highest BCUT2D eigenvalue weighted by molar-refractivity contribution is 6.10. The van der Waals surface area contributed by atoms with E-state index in [-0.39, 0.29) is 0 Å². The number of anilines is 6. The normalized spacial score (nSPS) is 11.5. The zero-order chi connectivity index (χ0) is 45.0. The summed E-state index contributed by atoms with van der Waals surface area (Å²) in [5, 5.41) is 6.91. The van der Waals surface area contributed by atoms with Gasteiger partial charge in [-0.15, -0.1) is 0 Å². The van der Waals surface area contributed by atoms with Crippen LogP contribution >= 0.6 is 0 Å². The van der Waals surface area contributed by atoms with Crippen LogP contribution in [0.25, 0.3) is 82.5 Å². The lowest BCUT2D eigenvalue weighted by Crippen LogP contribution is -2.14. The van der Waals surface area contributed by atoms with E-state index >= 15 is 0 Å². The number of nitrogens with zero attached hydrogens (tertiary/aromatic N) is 3. The van der Waals surface area contributed by atoms with Crippen molar-refractivity contribution in [3.63, 3.8) is 0 Å². The van der Waals surface area contributed by atoms with Crippen molar-refractivity contribution in [1.29, 1.82) is 0 Å². The van der Waals surface area contributed by atoms with Crippen LogP contribution in [0.4, 0.5) is 34.1 Å². The van der Waals surface area contributed by atoms with E-state index in [1.54, 1.807) is 0 Å². The topological polar surface area (TPSA) is 24.6 Å². The molecule has 0 bridgehead atoms. The second kappa shape index (κ2) is 16.4. The number of furan rings is 1. The molecule has 320 valence electrons. The summed E-state index contributed by atoms with van der Waals surface area (Å²) in [5.41, 5.74) is 15.9. The Labute approximate surface area is 394 Å². The summed E-state index contributed by atoms with van der Waals surface area (Å²) in [6, 6.07) is 93.9. The van der Waals surface area contributed by atoms with E-state index in [9.17, 15) is 0 Å². The van der Waals surface area contributed by atoms with Gasteiger partial charge in [-0.2, -0.15) is 0 Å². The molecular formula is C64H43N3O. The summed E-state index contributed by atoms with van der Waals surface area (Å²) in [7, 11) is 0. The number of benzene rings is 11. The first-order chi connectivity index (χ1) is 33.7. The fourth-order valence-electron chi connectivity index (χ4n) is 10.2. The van der Waals surface area contributed by atoms with Crippen LogP contribution in [0.2, 0.25) is 0 Å². The van der Waals surface area contributed by atoms with Gasteiger partial charge in [0, 0.05) is 44.0 Å². The van der Waals surface area contributed by atoms with E-state index in [1.165, 1.54) is 32.7 Å². The molecule has 2 aromatic heterocycles. The molecule has 0 radical (unpaired) electrons. The first kappa shape index (κ1) is 39.3. The van der Waals surface area contributed by atoms with Crippen LogP contribution < -0.4 is 9.80 Å². The minimum atomic E-state index is 0.847. The number of hydrogen-bond donors (Lipinski definition) is 0. The third-order valence-electron chi connectivity index (χ3n) is 13.3. The highest BCUT2D eigenvalue weighted by atomic mass is 16.3. The highest BCUT2D eigenvalue weighted by Crippen LogP contribution is 2.46. The van der Waals surface area contributed by atoms with Crippen molar-refractivity contribution in [2.75, 3.05) is 9.80 Å². The van der Waals surface area contributed by atoms with Crippen molar-refractivity contribution in [2.24, 2.45) is 0 Å². The second-order valence-electron chi connectivity index (χ2n) is 17.4. The summed E-state index contributed by atoms with van der Waals surface area (Å²) in [6.45, 7) is 0. The molecule has 0 aliphatic carbocycles.